The summed E-state index contributed by atoms with van der Waals surface area (Å²) in [6, 6.07) is 7.86. The molecule has 1 aromatic carbocycles. The molecule has 0 spiro atoms. The molecule has 0 saturated carbocycles. The van der Waals surface area contributed by atoms with Crippen LogP contribution in [-0.2, 0) is 6.54 Å². The van der Waals surface area contributed by atoms with E-state index in [0.29, 0.717) is 6.54 Å². The summed E-state index contributed by atoms with van der Waals surface area (Å²) >= 11 is 0. The van der Waals surface area contributed by atoms with Crippen molar-refractivity contribution in [2.75, 3.05) is 5.32 Å². The Labute approximate surface area is 103 Å². The molecule has 7 nitrogen and oxygen atoms in total. The number of aromatic amines is 1. The highest BCUT2D eigenvalue weighted by atomic mass is 15.5. The van der Waals surface area contributed by atoms with Crippen molar-refractivity contribution in [1.82, 2.24) is 30.2 Å². The molecule has 0 aliphatic carbocycles. The fourth-order valence-corrected chi connectivity index (χ4v) is 1.59. The van der Waals surface area contributed by atoms with E-state index in [4.69, 9.17) is 0 Å². The number of nitrogens with one attached hydrogen (secondary N) is 2. The third-order valence-electron chi connectivity index (χ3n) is 2.52. The smallest absolute Gasteiger partial charge is 0.143 e. The molecule has 0 fully saturated rings. The van der Waals surface area contributed by atoms with Crippen molar-refractivity contribution >= 4 is 5.69 Å². The van der Waals surface area contributed by atoms with Crippen molar-refractivity contribution in [2.24, 2.45) is 0 Å². The van der Waals surface area contributed by atoms with E-state index in [1.54, 1.807) is 23.5 Å². The summed E-state index contributed by atoms with van der Waals surface area (Å²) < 4.78 is 1.61. The van der Waals surface area contributed by atoms with Crippen molar-refractivity contribution in [3.63, 3.8) is 0 Å². The monoisotopic (exact) mass is 241 g/mol. The maximum Gasteiger partial charge on any atom is 0.143 e. The van der Waals surface area contributed by atoms with Crippen molar-refractivity contribution < 1.29 is 0 Å². The Morgan fingerprint density at radius 3 is 2.78 bits per heavy atom. The third-order valence-corrected chi connectivity index (χ3v) is 2.52. The van der Waals surface area contributed by atoms with Gasteiger partial charge < -0.3 is 10.3 Å². The lowest BCUT2D eigenvalue weighted by molar-refractivity contribution is 0.789. The predicted molar refractivity (Wildman–Crippen MR) is 65.1 cm³/mol. The van der Waals surface area contributed by atoms with Crippen LogP contribution in [0.4, 0.5) is 5.69 Å². The zero-order valence-corrected chi connectivity index (χ0v) is 9.48. The van der Waals surface area contributed by atoms with Gasteiger partial charge in [0.25, 0.3) is 0 Å². The van der Waals surface area contributed by atoms with E-state index in [0.717, 1.165) is 17.1 Å². The molecule has 3 rings (SSSR count). The average Bonchev–Trinajstić information content (AvgIpc) is 3.10. The second-order valence-electron chi connectivity index (χ2n) is 3.73. The summed E-state index contributed by atoms with van der Waals surface area (Å²) in [7, 11) is 0. The molecule has 18 heavy (non-hydrogen) atoms. The Bertz CT molecular complexity index is 583. The van der Waals surface area contributed by atoms with E-state index in [-0.39, 0.29) is 0 Å². The summed E-state index contributed by atoms with van der Waals surface area (Å²) in [6.45, 7) is 0.713. The van der Waals surface area contributed by atoms with E-state index in [1.165, 1.54) is 0 Å². The minimum atomic E-state index is 0.713. The molecular weight excluding hydrogens is 230 g/mol. The maximum absolute atomic E-state index is 3.96. The van der Waals surface area contributed by atoms with E-state index in [1.807, 2.05) is 24.3 Å². The highest BCUT2D eigenvalue weighted by molar-refractivity contribution is 5.48. The molecule has 0 radical (unpaired) electrons. The van der Waals surface area contributed by atoms with Gasteiger partial charge in [0.15, 0.2) is 0 Å². The topological polar surface area (TPSA) is 84.3 Å². The van der Waals surface area contributed by atoms with Gasteiger partial charge >= 0.3 is 0 Å². The molecule has 2 N–H and O–H groups in total. The summed E-state index contributed by atoms with van der Waals surface area (Å²) in [5.74, 6) is 0. The lowest BCUT2D eigenvalue weighted by Gasteiger charge is -2.05. The average molecular weight is 241 g/mol. The molecule has 90 valence electrons. The van der Waals surface area contributed by atoms with Gasteiger partial charge in [-0.05, 0) is 34.7 Å². The molecule has 2 heterocycles. The number of aromatic nitrogens is 6. The number of H-pyrrole nitrogens is 1. The summed E-state index contributed by atoms with van der Waals surface area (Å²) in [5, 5.41) is 14.3. The first-order valence-corrected chi connectivity index (χ1v) is 5.46. The Morgan fingerprint density at radius 2 is 2.11 bits per heavy atom. The van der Waals surface area contributed by atoms with Crippen LogP contribution in [-0.4, -0.2) is 30.2 Å². The summed E-state index contributed by atoms with van der Waals surface area (Å²) in [4.78, 5) is 7.00. The van der Waals surface area contributed by atoms with E-state index >= 15 is 0 Å². The Balaban J connectivity index is 1.68. The Morgan fingerprint density at radius 1 is 1.22 bits per heavy atom. The highest BCUT2D eigenvalue weighted by Crippen LogP contribution is 2.12. The first kappa shape index (κ1) is 10.5. The first-order valence-electron chi connectivity index (χ1n) is 5.46. The fraction of sp³-hybridized carbons (Fsp3) is 0.0909. The standard InChI is InChI=1S/C11H11N7/c1-3-11(18-8-15-16-17-18)4-2-9(1)13-6-10-5-12-7-14-10/h1-5,7-8,13H,6H2,(H,12,14). The quantitative estimate of drug-likeness (QED) is 0.711. The van der Waals surface area contributed by atoms with E-state index < -0.39 is 0 Å². The Hall–Kier alpha value is -2.70. The largest absolute Gasteiger partial charge is 0.379 e. The van der Waals surface area contributed by atoms with Gasteiger partial charge in [-0.15, -0.1) is 5.10 Å². The number of benzene rings is 1. The van der Waals surface area contributed by atoms with Crippen LogP contribution in [0.15, 0.2) is 43.1 Å². The molecule has 0 saturated heterocycles. The van der Waals surface area contributed by atoms with Crippen molar-refractivity contribution in [3.05, 3.63) is 48.8 Å². The number of hydrogen-bond donors (Lipinski definition) is 2. The van der Waals surface area contributed by atoms with Crippen LogP contribution in [0, 0.1) is 0 Å². The molecule has 0 aliphatic rings. The van der Waals surface area contributed by atoms with Crippen molar-refractivity contribution in [2.45, 2.75) is 6.54 Å². The van der Waals surface area contributed by atoms with Crippen LogP contribution in [0.5, 0.6) is 0 Å². The number of anilines is 1. The Kier molecular flexibility index (Phi) is 2.71. The second kappa shape index (κ2) is 4.66. The van der Waals surface area contributed by atoms with Crippen LogP contribution in [0.1, 0.15) is 5.69 Å². The van der Waals surface area contributed by atoms with Gasteiger partial charge in [-0.25, -0.2) is 9.67 Å². The van der Waals surface area contributed by atoms with Gasteiger partial charge in [-0.2, -0.15) is 0 Å². The molecule has 0 aliphatic heterocycles. The lowest BCUT2D eigenvalue weighted by Crippen LogP contribution is -2.00. The number of nitrogens with zero attached hydrogens (tertiary/aromatic N) is 5. The van der Waals surface area contributed by atoms with Gasteiger partial charge in [0.1, 0.15) is 6.33 Å². The third kappa shape index (κ3) is 2.19. The molecule has 0 atom stereocenters. The number of imidazole rings is 1. The summed E-state index contributed by atoms with van der Waals surface area (Å²) in [6.07, 6.45) is 5.02. The van der Waals surface area contributed by atoms with Crippen molar-refractivity contribution in [1.29, 1.82) is 0 Å². The predicted octanol–water partition coefficient (Wildman–Crippen LogP) is 0.997. The van der Waals surface area contributed by atoms with E-state index in [2.05, 4.69) is 30.8 Å². The van der Waals surface area contributed by atoms with Gasteiger partial charge in [0.05, 0.1) is 24.3 Å². The number of rotatable bonds is 4. The molecule has 0 amide bonds. The van der Waals surface area contributed by atoms with Crippen molar-refractivity contribution in [3.8, 4) is 5.69 Å². The van der Waals surface area contributed by atoms with Gasteiger partial charge in [0, 0.05) is 11.9 Å². The van der Waals surface area contributed by atoms with Gasteiger partial charge in [-0.3, -0.25) is 0 Å². The molecule has 2 aromatic heterocycles. The number of hydrogen-bond acceptors (Lipinski definition) is 5. The SMILES string of the molecule is c1ncc(CNc2ccc(-n3cnnn3)cc2)[nH]1. The fourth-order valence-electron chi connectivity index (χ4n) is 1.59. The molecular formula is C11H11N7. The first-order chi connectivity index (χ1) is 8.92. The molecule has 7 heteroatoms. The maximum atomic E-state index is 3.96. The van der Waals surface area contributed by atoms with Crippen LogP contribution < -0.4 is 5.32 Å². The van der Waals surface area contributed by atoms with Crippen LogP contribution in [0.3, 0.4) is 0 Å². The van der Waals surface area contributed by atoms with Gasteiger partial charge in [0.2, 0.25) is 0 Å². The van der Waals surface area contributed by atoms with Gasteiger partial charge in [-0.1, -0.05) is 0 Å². The van der Waals surface area contributed by atoms with E-state index in [9.17, 15) is 0 Å². The minimum absolute atomic E-state index is 0.713. The molecule has 0 unspecified atom stereocenters. The summed E-state index contributed by atoms with van der Waals surface area (Å²) in [5.41, 5.74) is 2.99. The minimum Gasteiger partial charge on any atom is -0.379 e. The molecule has 0 bridgehead atoms. The number of tetrazole rings is 1. The van der Waals surface area contributed by atoms with Crippen LogP contribution >= 0.6 is 0 Å². The zero-order valence-electron chi connectivity index (χ0n) is 9.48. The lowest BCUT2D eigenvalue weighted by atomic mass is 10.3. The second-order valence-corrected chi connectivity index (χ2v) is 3.73. The van der Waals surface area contributed by atoms with Crippen LogP contribution in [0.25, 0.3) is 5.69 Å². The highest BCUT2D eigenvalue weighted by Gasteiger charge is 1.98. The zero-order chi connectivity index (χ0) is 12.2. The van der Waals surface area contributed by atoms with Crippen LogP contribution in [0.2, 0.25) is 0 Å². The normalized spacial score (nSPS) is 10.4. The molecule has 3 aromatic rings.